The Morgan fingerprint density at radius 1 is 0.507 bits per heavy atom. The van der Waals surface area contributed by atoms with Crippen molar-refractivity contribution in [2.45, 2.75) is 262 Å². The molecule has 0 aliphatic carbocycles. The summed E-state index contributed by atoms with van der Waals surface area (Å²) in [5.74, 6) is -0.198. The SMILES string of the molecule is CC/C=C\C/C=C\C/C=C\C/C=C\C/C=C\CCCCCCCCCCCCCC(=O)NC(COC1OC(CO)C(O)C(O)C1O)C(O)/C=C/CC/C=C/CC/C=C/CCCCCCCCCCC. The first-order valence-corrected chi connectivity index (χ1v) is 28.0. The third-order valence-corrected chi connectivity index (χ3v) is 12.6. The molecule has 0 aromatic carbocycles. The van der Waals surface area contributed by atoms with Gasteiger partial charge in [0.15, 0.2) is 6.29 Å². The van der Waals surface area contributed by atoms with Crippen LogP contribution in [0.4, 0.5) is 0 Å². The van der Waals surface area contributed by atoms with Crippen molar-refractivity contribution in [1.29, 1.82) is 0 Å². The molecule has 9 nitrogen and oxygen atoms in total. The number of aliphatic hydroxyl groups excluding tert-OH is 5. The number of rotatable bonds is 46. The molecular weight excluding hydrogens is 863 g/mol. The zero-order valence-corrected chi connectivity index (χ0v) is 43.8. The second-order valence-corrected chi connectivity index (χ2v) is 19.0. The van der Waals surface area contributed by atoms with Crippen LogP contribution in [0.5, 0.6) is 0 Å². The van der Waals surface area contributed by atoms with Crippen molar-refractivity contribution in [2.24, 2.45) is 0 Å². The Morgan fingerprint density at radius 3 is 1.39 bits per heavy atom. The smallest absolute Gasteiger partial charge is 0.220 e. The van der Waals surface area contributed by atoms with Crippen molar-refractivity contribution >= 4 is 5.91 Å². The summed E-state index contributed by atoms with van der Waals surface area (Å²) in [6.45, 7) is 3.64. The lowest BCUT2D eigenvalue weighted by atomic mass is 9.99. The molecule has 0 aromatic rings. The van der Waals surface area contributed by atoms with Crippen LogP contribution >= 0.6 is 0 Å². The third-order valence-electron chi connectivity index (χ3n) is 12.6. The molecule has 0 spiro atoms. The highest BCUT2D eigenvalue weighted by atomic mass is 16.7. The van der Waals surface area contributed by atoms with Crippen molar-refractivity contribution in [3.05, 3.63) is 97.2 Å². The van der Waals surface area contributed by atoms with Gasteiger partial charge in [0, 0.05) is 6.42 Å². The van der Waals surface area contributed by atoms with E-state index in [-0.39, 0.29) is 12.5 Å². The van der Waals surface area contributed by atoms with Crippen LogP contribution in [0.15, 0.2) is 97.2 Å². The number of amides is 1. The fourth-order valence-corrected chi connectivity index (χ4v) is 8.21. The molecular formula is C60H103NO8. The summed E-state index contributed by atoms with van der Waals surface area (Å²) in [5, 5.41) is 54.4. The monoisotopic (exact) mass is 966 g/mol. The van der Waals surface area contributed by atoms with E-state index in [2.05, 4.69) is 104 Å². The minimum Gasteiger partial charge on any atom is -0.394 e. The van der Waals surface area contributed by atoms with Crippen LogP contribution in [-0.4, -0.2) is 87.5 Å². The van der Waals surface area contributed by atoms with Gasteiger partial charge in [-0.15, -0.1) is 0 Å². The van der Waals surface area contributed by atoms with Crippen LogP contribution < -0.4 is 5.32 Å². The van der Waals surface area contributed by atoms with Gasteiger partial charge in [-0.2, -0.15) is 0 Å². The highest BCUT2D eigenvalue weighted by molar-refractivity contribution is 5.76. The average molecular weight is 966 g/mol. The number of carbonyl (C=O) groups is 1. The molecule has 1 amide bonds. The fraction of sp³-hybridized carbons (Fsp3) is 0.717. The van der Waals surface area contributed by atoms with E-state index < -0.39 is 49.5 Å². The molecule has 0 saturated carbocycles. The van der Waals surface area contributed by atoms with Crippen LogP contribution in [0.2, 0.25) is 0 Å². The number of hydrogen-bond donors (Lipinski definition) is 6. The van der Waals surface area contributed by atoms with Gasteiger partial charge in [-0.3, -0.25) is 4.79 Å². The maximum Gasteiger partial charge on any atom is 0.220 e. The second kappa shape index (κ2) is 48.7. The highest BCUT2D eigenvalue weighted by Crippen LogP contribution is 2.23. The molecule has 7 unspecified atom stereocenters. The lowest BCUT2D eigenvalue weighted by Gasteiger charge is -2.40. The summed E-state index contributed by atoms with van der Waals surface area (Å²) in [7, 11) is 0. The Morgan fingerprint density at radius 2 is 0.913 bits per heavy atom. The number of unbranched alkanes of at least 4 members (excludes halogenated alkanes) is 22. The summed E-state index contributed by atoms with van der Waals surface area (Å²) in [6.07, 6.45) is 63.2. The second-order valence-electron chi connectivity index (χ2n) is 19.0. The highest BCUT2D eigenvalue weighted by Gasteiger charge is 2.44. The maximum absolute atomic E-state index is 13.0. The minimum absolute atomic E-state index is 0.198. The lowest BCUT2D eigenvalue weighted by Crippen LogP contribution is -2.60. The van der Waals surface area contributed by atoms with E-state index in [1.807, 2.05) is 6.08 Å². The number of aliphatic hydroxyl groups is 5. The number of allylic oxidation sites excluding steroid dienone is 15. The molecule has 0 bridgehead atoms. The number of nitrogens with one attached hydrogen (secondary N) is 1. The van der Waals surface area contributed by atoms with Crippen LogP contribution in [0.1, 0.15) is 219 Å². The van der Waals surface area contributed by atoms with Gasteiger partial charge in [0.25, 0.3) is 0 Å². The van der Waals surface area contributed by atoms with Gasteiger partial charge < -0.3 is 40.3 Å². The molecule has 396 valence electrons. The normalized spacial score (nSPS) is 20.2. The zero-order valence-electron chi connectivity index (χ0n) is 43.8. The van der Waals surface area contributed by atoms with Crippen LogP contribution in [0.3, 0.4) is 0 Å². The molecule has 0 radical (unpaired) electrons. The molecule has 9 heteroatoms. The topological polar surface area (TPSA) is 149 Å². The van der Waals surface area contributed by atoms with Gasteiger partial charge in [-0.25, -0.2) is 0 Å². The van der Waals surface area contributed by atoms with Crippen LogP contribution in [0, 0.1) is 0 Å². The van der Waals surface area contributed by atoms with Crippen LogP contribution in [0.25, 0.3) is 0 Å². The number of hydrogen-bond acceptors (Lipinski definition) is 8. The van der Waals surface area contributed by atoms with E-state index in [1.54, 1.807) is 6.08 Å². The van der Waals surface area contributed by atoms with Gasteiger partial charge in [0.05, 0.1) is 25.4 Å². The molecule has 69 heavy (non-hydrogen) atoms. The molecule has 1 rings (SSSR count). The standard InChI is InChI=1S/C60H103NO8/c1-3-5-7-9-11-13-15-17-19-21-23-24-25-26-27-28-29-30-32-34-36-38-40-42-44-46-48-50-56(64)61-53(52-68-60-59(67)58(66)57(65)55(51-62)69-60)54(63)49-47-45-43-41-39-37-35-33-31-22-20-18-16-14-12-10-8-6-4-2/h5,7,11,13,17,19,23-24,26-27,31,33,39,41,47,49,53-55,57-60,62-63,65-67H,3-4,6,8-10,12,14-16,18,20-22,25,28-30,32,34-38,40,42-46,48,50-52H2,1-2H3,(H,61,64)/b7-5-,13-11-,19-17-,24-23-,27-26-,33-31+,41-39+,49-47+. The zero-order chi connectivity index (χ0) is 50.1. The maximum atomic E-state index is 13.0. The quantitative estimate of drug-likeness (QED) is 0.0261. The van der Waals surface area contributed by atoms with E-state index in [1.165, 1.54) is 103 Å². The minimum atomic E-state index is -1.58. The van der Waals surface area contributed by atoms with Crippen molar-refractivity contribution in [2.75, 3.05) is 13.2 Å². The van der Waals surface area contributed by atoms with E-state index in [0.717, 1.165) is 96.3 Å². The summed E-state index contributed by atoms with van der Waals surface area (Å²) in [5.41, 5.74) is 0. The lowest BCUT2D eigenvalue weighted by molar-refractivity contribution is -0.302. The Hall–Kier alpha value is -2.89. The summed E-state index contributed by atoms with van der Waals surface area (Å²) < 4.78 is 11.2. The molecule has 1 fully saturated rings. The third kappa shape index (κ3) is 38.5. The molecule has 1 aliphatic heterocycles. The average Bonchev–Trinajstić information content (AvgIpc) is 3.35. The van der Waals surface area contributed by atoms with E-state index >= 15 is 0 Å². The number of ether oxygens (including phenoxy) is 2. The molecule has 1 saturated heterocycles. The van der Waals surface area contributed by atoms with Crippen molar-refractivity contribution in [1.82, 2.24) is 5.32 Å². The predicted octanol–water partition coefficient (Wildman–Crippen LogP) is 13.6. The predicted molar refractivity (Wildman–Crippen MR) is 290 cm³/mol. The molecule has 6 N–H and O–H groups in total. The Bertz CT molecular complexity index is 1400. The van der Waals surface area contributed by atoms with Gasteiger partial charge >= 0.3 is 0 Å². The van der Waals surface area contributed by atoms with Crippen LogP contribution in [-0.2, 0) is 14.3 Å². The van der Waals surface area contributed by atoms with Gasteiger partial charge in [-0.1, -0.05) is 220 Å². The molecule has 1 heterocycles. The Kier molecular flexibility index (Phi) is 45.3. The molecule has 0 aromatic heterocycles. The van der Waals surface area contributed by atoms with Gasteiger partial charge in [-0.05, 0) is 89.9 Å². The first-order chi connectivity index (χ1) is 33.8. The fourth-order valence-electron chi connectivity index (χ4n) is 8.21. The van der Waals surface area contributed by atoms with E-state index in [9.17, 15) is 30.3 Å². The first-order valence-electron chi connectivity index (χ1n) is 28.0. The van der Waals surface area contributed by atoms with E-state index in [4.69, 9.17) is 9.47 Å². The largest absolute Gasteiger partial charge is 0.394 e. The Balaban J connectivity index is 2.27. The van der Waals surface area contributed by atoms with Crippen molar-refractivity contribution < 1.29 is 39.8 Å². The van der Waals surface area contributed by atoms with Crippen molar-refractivity contribution in [3.8, 4) is 0 Å². The van der Waals surface area contributed by atoms with Crippen molar-refractivity contribution in [3.63, 3.8) is 0 Å². The summed E-state index contributed by atoms with van der Waals surface area (Å²) in [4.78, 5) is 13.0. The summed E-state index contributed by atoms with van der Waals surface area (Å²) >= 11 is 0. The first kappa shape index (κ1) is 64.1. The molecule has 1 aliphatic rings. The van der Waals surface area contributed by atoms with Gasteiger partial charge in [0.1, 0.15) is 24.4 Å². The Labute approximate surface area is 422 Å². The van der Waals surface area contributed by atoms with Gasteiger partial charge in [0.2, 0.25) is 5.91 Å². The van der Waals surface area contributed by atoms with E-state index in [0.29, 0.717) is 6.42 Å². The molecule has 7 atom stereocenters. The summed E-state index contributed by atoms with van der Waals surface area (Å²) in [6, 6.07) is -0.836. The number of carbonyl (C=O) groups excluding carboxylic acids is 1.